The van der Waals surface area contributed by atoms with E-state index in [2.05, 4.69) is 73.9 Å². The summed E-state index contributed by atoms with van der Waals surface area (Å²) in [5.74, 6) is 0.907. The van der Waals surface area contributed by atoms with Gasteiger partial charge in [-0.3, -0.25) is 0 Å². The van der Waals surface area contributed by atoms with Crippen molar-refractivity contribution < 1.29 is 4.74 Å². The fourth-order valence-electron chi connectivity index (χ4n) is 4.37. The van der Waals surface area contributed by atoms with E-state index in [1.807, 2.05) is 10.7 Å². The molecule has 0 bridgehead atoms. The second-order valence-electron chi connectivity index (χ2n) is 8.18. The van der Waals surface area contributed by atoms with Gasteiger partial charge in [-0.25, -0.2) is 4.68 Å². The minimum atomic E-state index is 0.327. The van der Waals surface area contributed by atoms with Crippen molar-refractivity contribution in [1.29, 1.82) is 0 Å². The molecule has 0 unspecified atom stereocenters. The van der Waals surface area contributed by atoms with Gasteiger partial charge >= 0.3 is 0 Å². The maximum atomic E-state index is 5.66. The average Bonchev–Trinajstić information content (AvgIpc) is 3.05. The zero-order chi connectivity index (χ0) is 21.1. The number of hydrogen-bond donors (Lipinski definition) is 2. The van der Waals surface area contributed by atoms with E-state index in [0.717, 1.165) is 42.2 Å². The van der Waals surface area contributed by atoms with Crippen LogP contribution in [0.1, 0.15) is 47.0 Å². The van der Waals surface area contributed by atoms with Crippen LogP contribution in [0.5, 0.6) is 5.75 Å². The first-order chi connectivity index (χ1) is 14.6. The van der Waals surface area contributed by atoms with E-state index in [9.17, 15) is 0 Å². The summed E-state index contributed by atoms with van der Waals surface area (Å²) in [6, 6.07) is 17.8. The molecule has 0 saturated carbocycles. The molecule has 2 heterocycles. The minimum Gasteiger partial charge on any atom is -0.496 e. The fraction of sp³-hybridized carbons (Fsp3) is 0.400. The number of nitrogens with zero attached hydrogens (tertiary/aromatic N) is 2. The molecule has 0 aliphatic carbocycles. The molecule has 0 amide bonds. The third kappa shape index (κ3) is 4.13. The molecule has 2 atom stereocenters. The molecule has 158 valence electrons. The topological polar surface area (TPSA) is 51.1 Å². The van der Waals surface area contributed by atoms with Crippen LogP contribution in [-0.2, 0) is 6.54 Å². The Labute approximate surface area is 179 Å². The first-order valence-corrected chi connectivity index (χ1v) is 10.8. The van der Waals surface area contributed by atoms with Gasteiger partial charge in [0.2, 0.25) is 0 Å². The highest BCUT2D eigenvalue weighted by Crippen LogP contribution is 2.27. The van der Waals surface area contributed by atoms with Crippen molar-refractivity contribution in [3.8, 4) is 11.4 Å². The Kier molecular flexibility index (Phi) is 6.21. The van der Waals surface area contributed by atoms with Crippen LogP contribution in [0, 0.1) is 20.8 Å². The molecule has 0 spiro atoms. The normalized spacial score (nSPS) is 19.1. The van der Waals surface area contributed by atoms with E-state index in [-0.39, 0.29) is 0 Å². The first-order valence-electron chi connectivity index (χ1n) is 10.8. The minimum absolute atomic E-state index is 0.327. The van der Waals surface area contributed by atoms with Crippen LogP contribution in [0.15, 0.2) is 48.5 Å². The second-order valence-corrected chi connectivity index (χ2v) is 8.18. The van der Waals surface area contributed by atoms with Gasteiger partial charge in [0.15, 0.2) is 0 Å². The average molecular weight is 405 g/mol. The molecule has 1 aromatic heterocycles. The summed E-state index contributed by atoms with van der Waals surface area (Å²) in [7, 11) is 1.74. The molecule has 1 aliphatic heterocycles. The van der Waals surface area contributed by atoms with Crippen LogP contribution in [0.25, 0.3) is 5.69 Å². The van der Waals surface area contributed by atoms with Gasteiger partial charge in [0.25, 0.3) is 0 Å². The lowest BCUT2D eigenvalue weighted by Gasteiger charge is -2.34. The van der Waals surface area contributed by atoms with Crippen LogP contribution >= 0.6 is 0 Å². The number of rotatable bonds is 6. The first kappa shape index (κ1) is 20.6. The van der Waals surface area contributed by atoms with Crippen molar-refractivity contribution in [2.75, 3.05) is 13.7 Å². The highest BCUT2D eigenvalue weighted by Gasteiger charge is 2.25. The van der Waals surface area contributed by atoms with Gasteiger partial charge in [0, 0.05) is 29.9 Å². The van der Waals surface area contributed by atoms with Gasteiger partial charge in [-0.05, 0) is 69.5 Å². The zero-order valence-electron chi connectivity index (χ0n) is 18.4. The Balaban J connectivity index is 1.56. The van der Waals surface area contributed by atoms with E-state index >= 15 is 0 Å². The lowest BCUT2D eigenvalue weighted by molar-refractivity contribution is 0.303. The Hall–Kier alpha value is -2.63. The molecule has 5 nitrogen and oxygen atoms in total. The zero-order valence-corrected chi connectivity index (χ0v) is 18.4. The number of piperidine rings is 1. The Morgan fingerprint density at radius 1 is 1.13 bits per heavy atom. The van der Waals surface area contributed by atoms with E-state index in [4.69, 9.17) is 9.84 Å². The van der Waals surface area contributed by atoms with Crippen molar-refractivity contribution in [3.05, 3.63) is 76.6 Å². The lowest BCUT2D eigenvalue weighted by Crippen LogP contribution is -2.45. The van der Waals surface area contributed by atoms with E-state index in [0.29, 0.717) is 12.1 Å². The molecular weight excluding hydrogens is 372 g/mol. The number of aromatic nitrogens is 2. The second kappa shape index (κ2) is 9.02. The molecule has 1 fully saturated rings. The third-order valence-corrected chi connectivity index (χ3v) is 6.33. The summed E-state index contributed by atoms with van der Waals surface area (Å²) in [6.07, 6.45) is 2.34. The van der Waals surface area contributed by atoms with Crippen molar-refractivity contribution in [2.45, 2.75) is 52.2 Å². The Bertz CT molecular complexity index is 996. The molecule has 1 saturated heterocycles. The van der Waals surface area contributed by atoms with Gasteiger partial charge in [0.1, 0.15) is 5.75 Å². The number of hydrogen-bond acceptors (Lipinski definition) is 4. The number of aryl methyl sites for hydroxylation is 1. The number of methoxy groups -OCH3 is 1. The standard InChI is InChI=1S/C25H32N4O/c1-17-18(2)28-29(19(17)3)22-12-13-24(30-4)21(15-22)16-27-23-11-8-14-26-25(23)20-9-6-5-7-10-20/h5-7,9-10,12-13,15,23,25-27H,8,11,14,16H2,1-4H3/t23-,25-/m0/s1. The van der Waals surface area contributed by atoms with E-state index in [1.165, 1.54) is 23.2 Å². The van der Waals surface area contributed by atoms with Gasteiger partial charge in [-0.15, -0.1) is 0 Å². The van der Waals surface area contributed by atoms with Crippen LogP contribution in [-0.4, -0.2) is 29.5 Å². The van der Waals surface area contributed by atoms with Crippen LogP contribution in [0.2, 0.25) is 0 Å². The summed E-state index contributed by atoms with van der Waals surface area (Å²) in [4.78, 5) is 0. The van der Waals surface area contributed by atoms with Crippen molar-refractivity contribution in [2.24, 2.45) is 0 Å². The molecule has 5 heteroatoms. The van der Waals surface area contributed by atoms with Crippen LogP contribution in [0.3, 0.4) is 0 Å². The maximum absolute atomic E-state index is 5.66. The fourth-order valence-corrected chi connectivity index (χ4v) is 4.37. The summed E-state index contributed by atoms with van der Waals surface area (Å²) in [5.41, 5.74) is 7.05. The van der Waals surface area contributed by atoms with E-state index in [1.54, 1.807) is 7.11 Å². The highest BCUT2D eigenvalue weighted by molar-refractivity contribution is 5.46. The Morgan fingerprint density at radius 3 is 2.63 bits per heavy atom. The molecule has 30 heavy (non-hydrogen) atoms. The summed E-state index contributed by atoms with van der Waals surface area (Å²) >= 11 is 0. The molecule has 2 aromatic carbocycles. The highest BCUT2D eigenvalue weighted by atomic mass is 16.5. The summed E-state index contributed by atoms with van der Waals surface area (Å²) in [5, 5.41) is 12.2. The van der Waals surface area contributed by atoms with Gasteiger partial charge < -0.3 is 15.4 Å². The van der Waals surface area contributed by atoms with Gasteiger partial charge in [-0.2, -0.15) is 5.10 Å². The molecule has 4 rings (SSSR count). The number of benzene rings is 2. The predicted molar refractivity (Wildman–Crippen MR) is 121 cm³/mol. The lowest BCUT2D eigenvalue weighted by atomic mass is 9.92. The van der Waals surface area contributed by atoms with Crippen LogP contribution in [0.4, 0.5) is 0 Å². The molecular formula is C25H32N4O. The Morgan fingerprint density at radius 2 is 1.93 bits per heavy atom. The molecule has 2 N–H and O–H groups in total. The molecule has 3 aromatic rings. The number of ether oxygens (including phenoxy) is 1. The quantitative estimate of drug-likeness (QED) is 0.640. The SMILES string of the molecule is COc1ccc(-n2nc(C)c(C)c2C)cc1CN[C@H]1CCCN[C@H]1c1ccccc1. The summed E-state index contributed by atoms with van der Waals surface area (Å²) in [6.45, 7) is 8.12. The molecule has 1 aliphatic rings. The van der Waals surface area contributed by atoms with Crippen molar-refractivity contribution >= 4 is 0 Å². The van der Waals surface area contributed by atoms with Crippen LogP contribution < -0.4 is 15.4 Å². The van der Waals surface area contributed by atoms with Crippen molar-refractivity contribution in [3.63, 3.8) is 0 Å². The van der Waals surface area contributed by atoms with Gasteiger partial charge in [-0.1, -0.05) is 30.3 Å². The summed E-state index contributed by atoms with van der Waals surface area (Å²) < 4.78 is 7.69. The third-order valence-electron chi connectivity index (χ3n) is 6.33. The van der Waals surface area contributed by atoms with E-state index < -0.39 is 0 Å². The largest absolute Gasteiger partial charge is 0.496 e. The smallest absolute Gasteiger partial charge is 0.123 e. The van der Waals surface area contributed by atoms with Crippen molar-refractivity contribution in [1.82, 2.24) is 20.4 Å². The predicted octanol–water partition coefficient (Wildman–Crippen LogP) is 4.39. The maximum Gasteiger partial charge on any atom is 0.123 e. The van der Waals surface area contributed by atoms with Gasteiger partial charge in [0.05, 0.1) is 18.5 Å². The monoisotopic (exact) mass is 404 g/mol. The number of nitrogens with one attached hydrogen (secondary N) is 2. The molecule has 0 radical (unpaired) electrons.